The van der Waals surface area contributed by atoms with Crippen molar-refractivity contribution in [2.75, 3.05) is 6.54 Å². The highest BCUT2D eigenvalue weighted by Gasteiger charge is 2.13. The van der Waals surface area contributed by atoms with Crippen molar-refractivity contribution in [3.05, 3.63) is 38.9 Å². The average molecular weight is 230 g/mol. The maximum absolute atomic E-state index is 10.5. The molecule has 0 aliphatic carbocycles. The van der Waals surface area contributed by atoms with Gasteiger partial charge in [-0.05, 0) is 24.6 Å². The second-order valence-corrected chi connectivity index (χ2v) is 3.55. The Balaban J connectivity index is 2.97. The van der Waals surface area contributed by atoms with E-state index in [2.05, 4.69) is 0 Å². The highest BCUT2D eigenvalue weighted by Crippen LogP contribution is 2.27. The molecule has 0 saturated heterocycles. The lowest BCUT2D eigenvalue weighted by atomic mass is 10.0. The molecule has 0 saturated carbocycles. The number of non-ortho nitro benzene ring substituents is 1. The Labute approximate surface area is 92.2 Å². The first kappa shape index (κ1) is 11.9. The van der Waals surface area contributed by atoms with Crippen molar-refractivity contribution in [2.24, 2.45) is 11.5 Å². The van der Waals surface area contributed by atoms with Gasteiger partial charge in [-0.2, -0.15) is 0 Å². The van der Waals surface area contributed by atoms with E-state index >= 15 is 0 Å². The molecule has 6 heteroatoms. The molecule has 15 heavy (non-hydrogen) atoms. The van der Waals surface area contributed by atoms with Crippen molar-refractivity contribution >= 4 is 17.3 Å². The molecule has 0 heterocycles. The summed E-state index contributed by atoms with van der Waals surface area (Å²) in [6, 6.07) is 3.98. The van der Waals surface area contributed by atoms with Crippen molar-refractivity contribution in [2.45, 2.75) is 12.5 Å². The van der Waals surface area contributed by atoms with Crippen LogP contribution in [0.15, 0.2) is 18.2 Å². The molecule has 0 fully saturated rings. The van der Waals surface area contributed by atoms with Crippen LogP contribution in [0, 0.1) is 10.1 Å². The van der Waals surface area contributed by atoms with Gasteiger partial charge in [-0.15, -0.1) is 0 Å². The fourth-order valence-electron chi connectivity index (χ4n) is 1.27. The summed E-state index contributed by atoms with van der Waals surface area (Å²) < 4.78 is 0. The standard InChI is InChI=1S/C9H12ClN3O2/c10-8-5-6(13(14)15)1-2-7(8)9(12)3-4-11/h1-2,5,9H,3-4,11-12H2. The Morgan fingerprint density at radius 1 is 1.53 bits per heavy atom. The van der Waals surface area contributed by atoms with E-state index in [-0.39, 0.29) is 11.7 Å². The summed E-state index contributed by atoms with van der Waals surface area (Å²) in [6.45, 7) is 0.453. The third-order valence-electron chi connectivity index (χ3n) is 2.07. The van der Waals surface area contributed by atoms with Crippen molar-refractivity contribution in [1.29, 1.82) is 0 Å². The van der Waals surface area contributed by atoms with Gasteiger partial charge in [-0.1, -0.05) is 11.6 Å². The zero-order chi connectivity index (χ0) is 11.4. The van der Waals surface area contributed by atoms with Crippen LogP contribution in [0.2, 0.25) is 5.02 Å². The average Bonchev–Trinajstić information content (AvgIpc) is 2.17. The number of nitro benzene ring substituents is 1. The normalized spacial score (nSPS) is 12.5. The second-order valence-electron chi connectivity index (χ2n) is 3.15. The number of nitrogens with two attached hydrogens (primary N) is 2. The van der Waals surface area contributed by atoms with Gasteiger partial charge in [-0.3, -0.25) is 10.1 Å². The molecule has 0 spiro atoms. The summed E-state index contributed by atoms with van der Waals surface area (Å²) in [5, 5.41) is 10.8. The quantitative estimate of drug-likeness (QED) is 0.606. The lowest BCUT2D eigenvalue weighted by Crippen LogP contribution is -2.15. The van der Waals surface area contributed by atoms with E-state index in [0.717, 1.165) is 0 Å². The fraction of sp³-hybridized carbons (Fsp3) is 0.333. The molecule has 0 aliphatic rings. The zero-order valence-corrected chi connectivity index (χ0v) is 8.78. The van der Waals surface area contributed by atoms with Crippen LogP contribution < -0.4 is 11.5 Å². The molecule has 1 aromatic rings. The maximum Gasteiger partial charge on any atom is 0.270 e. The molecule has 1 aromatic carbocycles. The predicted octanol–water partition coefficient (Wildman–Crippen LogP) is 1.60. The van der Waals surface area contributed by atoms with Crippen molar-refractivity contribution < 1.29 is 4.92 Å². The Kier molecular flexibility index (Phi) is 4.02. The van der Waals surface area contributed by atoms with Gasteiger partial charge in [0.15, 0.2) is 0 Å². The van der Waals surface area contributed by atoms with Crippen LogP contribution in [-0.2, 0) is 0 Å². The zero-order valence-electron chi connectivity index (χ0n) is 8.02. The number of nitro groups is 1. The third kappa shape index (κ3) is 2.89. The van der Waals surface area contributed by atoms with Gasteiger partial charge >= 0.3 is 0 Å². The summed E-state index contributed by atoms with van der Waals surface area (Å²) in [5.41, 5.74) is 11.8. The van der Waals surface area contributed by atoms with E-state index in [1.54, 1.807) is 6.07 Å². The maximum atomic E-state index is 10.5. The van der Waals surface area contributed by atoms with E-state index in [4.69, 9.17) is 23.1 Å². The van der Waals surface area contributed by atoms with Crippen molar-refractivity contribution in [1.82, 2.24) is 0 Å². The Morgan fingerprint density at radius 3 is 2.67 bits per heavy atom. The number of rotatable bonds is 4. The van der Waals surface area contributed by atoms with Gasteiger partial charge in [0, 0.05) is 18.2 Å². The molecule has 5 nitrogen and oxygen atoms in total. The van der Waals surface area contributed by atoms with Gasteiger partial charge in [0.2, 0.25) is 0 Å². The molecule has 0 radical (unpaired) electrons. The summed E-state index contributed by atoms with van der Waals surface area (Å²) >= 11 is 5.88. The van der Waals surface area contributed by atoms with Crippen LogP contribution in [0.3, 0.4) is 0 Å². The molecule has 82 valence electrons. The number of benzene rings is 1. The first-order valence-corrected chi connectivity index (χ1v) is 4.83. The van der Waals surface area contributed by atoms with Gasteiger partial charge in [-0.25, -0.2) is 0 Å². The van der Waals surface area contributed by atoms with E-state index in [1.165, 1.54) is 12.1 Å². The Hall–Kier alpha value is -1.17. The van der Waals surface area contributed by atoms with Crippen LogP contribution in [0.4, 0.5) is 5.69 Å². The van der Waals surface area contributed by atoms with E-state index in [1.807, 2.05) is 0 Å². The van der Waals surface area contributed by atoms with E-state index < -0.39 is 4.92 Å². The van der Waals surface area contributed by atoms with Crippen LogP contribution >= 0.6 is 11.6 Å². The van der Waals surface area contributed by atoms with Crippen LogP contribution in [0.5, 0.6) is 0 Å². The number of halogens is 1. The molecule has 1 atom stereocenters. The summed E-state index contributed by atoms with van der Waals surface area (Å²) in [7, 11) is 0. The fourth-order valence-corrected chi connectivity index (χ4v) is 1.58. The second kappa shape index (κ2) is 5.06. The van der Waals surface area contributed by atoms with Crippen LogP contribution in [-0.4, -0.2) is 11.5 Å². The molecule has 0 amide bonds. The molecular weight excluding hydrogens is 218 g/mol. The number of hydrogen-bond acceptors (Lipinski definition) is 4. The highest BCUT2D eigenvalue weighted by atomic mass is 35.5. The smallest absolute Gasteiger partial charge is 0.270 e. The van der Waals surface area contributed by atoms with E-state index in [0.29, 0.717) is 23.6 Å². The topological polar surface area (TPSA) is 95.2 Å². The first-order valence-electron chi connectivity index (χ1n) is 4.45. The minimum absolute atomic E-state index is 0.0382. The number of nitrogens with zero attached hydrogens (tertiary/aromatic N) is 1. The molecule has 0 aliphatic heterocycles. The van der Waals surface area contributed by atoms with Gasteiger partial charge in [0.05, 0.1) is 9.95 Å². The molecule has 4 N–H and O–H groups in total. The molecular formula is C9H12ClN3O2. The van der Waals surface area contributed by atoms with Crippen LogP contribution in [0.1, 0.15) is 18.0 Å². The third-order valence-corrected chi connectivity index (χ3v) is 2.40. The highest BCUT2D eigenvalue weighted by molar-refractivity contribution is 6.31. The van der Waals surface area contributed by atoms with Gasteiger partial charge in [0.25, 0.3) is 5.69 Å². The largest absolute Gasteiger partial charge is 0.330 e. The van der Waals surface area contributed by atoms with Crippen molar-refractivity contribution in [3.8, 4) is 0 Å². The van der Waals surface area contributed by atoms with Crippen molar-refractivity contribution in [3.63, 3.8) is 0 Å². The lowest BCUT2D eigenvalue weighted by molar-refractivity contribution is -0.384. The minimum atomic E-state index is -0.496. The first-order chi connectivity index (χ1) is 7.06. The summed E-state index contributed by atoms with van der Waals surface area (Å²) in [5.74, 6) is 0. The summed E-state index contributed by atoms with van der Waals surface area (Å²) in [6.07, 6.45) is 0.595. The molecule has 0 bridgehead atoms. The lowest BCUT2D eigenvalue weighted by Gasteiger charge is -2.11. The Morgan fingerprint density at radius 2 is 2.20 bits per heavy atom. The number of hydrogen-bond donors (Lipinski definition) is 2. The summed E-state index contributed by atoms with van der Waals surface area (Å²) in [4.78, 5) is 9.96. The monoisotopic (exact) mass is 229 g/mol. The SMILES string of the molecule is NCCC(N)c1ccc([N+](=O)[O-])cc1Cl. The predicted molar refractivity (Wildman–Crippen MR) is 58.7 cm³/mol. The molecule has 1 rings (SSSR count). The van der Waals surface area contributed by atoms with Crippen LogP contribution in [0.25, 0.3) is 0 Å². The molecule has 0 aromatic heterocycles. The van der Waals surface area contributed by atoms with E-state index in [9.17, 15) is 10.1 Å². The Bertz CT molecular complexity index is 370. The molecule has 1 unspecified atom stereocenters. The van der Waals surface area contributed by atoms with Gasteiger partial charge in [0.1, 0.15) is 0 Å². The minimum Gasteiger partial charge on any atom is -0.330 e. The van der Waals surface area contributed by atoms with Gasteiger partial charge < -0.3 is 11.5 Å².